The summed E-state index contributed by atoms with van der Waals surface area (Å²) in [5.74, 6) is 3.17. The lowest BCUT2D eigenvalue weighted by Crippen LogP contribution is -2.19. The van der Waals surface area contributed by atoms with Gasteiger partial charge in [0.05, 0.1) is 6.20 Å². The third kappa shape index (κ3) is 4.31. The number of pyridine rings is 1. The number of ether oxygens (including phenoxy) is 1. The summed E-state index contributed by atoms with van der Waals surface area (Å²) < 4.78 is 7.72. The van der Waals surface area contributed by atoms with Crippen molar-refractivity contribution < 1.29 is 4.74 Å². The van der Waals surface area contributed by atoms with E-state index in [4.69, 9.17) is 4.74 Å². The van der Waals surface area contributed by atoms with Gasteiger partial charge < -0.3 is 4.74 Å². The highest BCUT2D eigenvalue weighted by Gasteiger charge is 2.24. The number of hydrogen-bond acceptors (Lipinski definition) is 3. The molecule has 0 N–H and O–H groups in total. The summed E-state index contributed by atoms with van der Waals surface area (Å²) in [6, 6.07) is 23.3. The first-order valence-corrected chi connectivity index (χ1v) is 11.4. The third-order valence-corrected chi connectivity index (χ3v) is 6.70. The van der Waals surface area contributed by atoms with Gasteiger partial charge in [0.2, 0.25) is 0 Å². The summed E-state index contributed by atoms with van der Waals surface area (Å²) in [6.07, 6.45) is 10.7. The average molecular weight is 424 g/mol. The molecule has 32 heavy (non-hydrogen) atoms. The second kappa shape index (κ2) is 8.62. The second-order valence-corrected chi connectivity index (χ2v) is 9.25. The van der Waals surface area contributed by atoms with Gasteiger partial charge in [0, 0.05) is 17.8 Å². The number of hydrogen-bond donors (Lipinski definition) is 0. The Kier molecular flexibility index (Phi) is 5.52. The Morgan fingerprint density at radius 2 is 1.59 bits per heavy atom. The molecule has 2 heterocycles. The quantitative estimate of drug-likeness (QED) is 0.331. The Morgan fingerprint density at radius 1 is 0.906 bits per heavy atom. The van der Waals surface area contributed by atoms with Crippen molar-refractivity contribution in [3.05, 3.63) is 102 Å². The largest absolute Gasteiger partial charge is 0.456 e. The molecular formula is C28H29N3O. The summed E-state index contributed by atoms with van der Waals surface area (Å²) >= 11 is 0. The Morgan fingerprint density at radius 3 is 2.16 bits per heavy atom. The molecule has 1 saturated carbocycles. The first kappa shape index (κ1) is 20.5. The molecule has 0 unspecified atom stereocenters. The Hall–Kier alpha value is -3.40. The molecule has 4 nitrogen and oxygen atoms in total. The maximum absolute atomic E-state index is 6.00. The Labute approximate surface area is 189 Å². The van der Waals surface area contributed by atoms with Gasteiger partial charge in [-0.15, -0.1) is 0 Å². The third-order valence-electron chi connectivity index (χ3n) is 6.70. The van der Waals surface area contributed by atoms with Crippen LogP contribution in [0.25, 0.3) is 5.82 Å². The smallest absolute Gasteiger partial charge is 0.153 e. The zero-order chi connectivity index (χ0) is 22.0. The maximum atomic E-state index is 6.00. The van der Waals surface area contributed by atoms with Crippen LogP contribution in [0.4, 0.5) is 0 Å². The van der Waals surface area contributed by atoms with Gasteiger partial charge in [-0.1, -0.05) is 69.5 Å². The molecule has 4 heteroatoms. The summed E-state index contributed by atoms with van der Waals surface area (Å²) in [4.78, 5) is 4.42. The van der Waals surface area contributed by atoms with E-state index in [1.807, 2.05) is 36.5 Å². The van der Waals surface area contributed by atoms with E-state index in [2.05, 4.69) is 60.3 Å². The summed E-state index contributed by atoms with van der Waals surface area (Å²) in [7, 11) is 0. The molecule has 4 aromatic rings. The van der Waals surface area contributed by atoms with Crippen molar-refractivity contribution in [3.8, 4) is 17.3 Å². The van der Waals surface area contributed by atoms with Gasteiger partial charge in [-0.05, 0) is 59.4 Å². The zero-order valence-corrected chi connectivity index (χ0v) is 18.7. The van der Waals surface area contributed by atoms with E-state index in [1.165, 1.54) is 42.4 Å². The highest BCUT2D eigenvalue weighted by molar-refractivity contribution is 5.42. The van der Waals surface area contributed by atoms with Crippen LogP contribution in [0, 0.1) is 5.92 Å². The van der Waals surface area contributed by atoms with Crippen molar-refractivity contribution in [3.63, 3.8) is 0 Å². The van der Waals surface area contributed by atoms with Gasteiger partial charge in [0.1, 0.15) is 11.5 Å². The Bertz CT molecular complexity index is 1140. The van der Waals surface area contributed by atoms with Crippen molar-refractivity contribution in [2.75, 3.05) is 0 Å². The SMILES string of the molecule is CC(C)(c1ccc(CC2CCC2)cc1)c1ccc(Oc2ccc(-n3cccn3)nc2)cc1. The average Bonchev–Trinajstić information content (AvgIpc) is 3.33. The van der Waals surface area contributed by atoms with Crippen molar-refractivity contribution >= 4 is 0 Å². The van der Waals surface area contributed by atoms with Crippen molar-refractivity contribution in [2.24, 2.45) is 5.92 Å². The fourth-order valence-electron chi connectivity index (χ4n) is 4.30. The van der Waals surface area contributed by atoms with Crippen LogP contribution in [0.15, 0.2) is 85.3 Å². The molecule has 0 bridgehead atoms. The molecule has 0 saturated heterocycles. The van der Waals surface area contributed by atoms with E-state index in [1.54, 1.807) is 17.1 Å². The number of benzene rings is 2. The zero-order valence-electron chi connectivity index (χ0n) is 18.7. The Balaban J connectivity index is 1.26. The van der Waals surface area contributed by atoms with E-state index in [0.29, 0.717) is 5.75 Å². The van der Waals surface area contributed by atoms with Crippen LogP contribution in [-0.4, -0.2) is 14.8 Å². The van der Waals surface area contributed by atoms with Gasteiger partial charge in [0.25, 0.3) is 0 Å². The van der Waals surface area contributed by atoms with Crippen molar-refractivity contribution in [2.45, 2.75) is 44.9 Å². The van der Waals surface area contributed by atoms with Crippen LogP contribution in [-0.2, 0) is 11.8 Å². The lowest BCUT2D eigenvalue weighted by atomic mass is 9.77. The normalized spacial score (nSPS) is 14.2. The highest BCUT2D eigenvalue weighted by atomic mass is 16.5. The number of aromatic nitrogens is 3. The van der Waals surface area contributed by atoms with Gasteiger partial charge >= 0.3 is 0 Å². The topological polar surface area (TPSA) is 39.9 Å². The minimum Gasteiger partial charge on any atom is -0.456 e. The van der Waals surface area contributed by atoms with Crippen LogP contribution < -0.4 is 4.74 Å². The van der Waals surface area contributed by atoms with Crippen LogP contribution in [0.5, 0.6) is 11.5 Å². The molecule has 1 aliphatic rings. The van der Waals surface area contributed by atoms with Gasteiger partial charge in [0.15, 0.2) is 5.82 Å². The van der Waals surface area contributed by atoms with E-state index in [9.17, 15) is 0 Å². The first-order chi connectivity index (χ1) is 15.6. The molecule has 2 aromatic heterocycles. The van der Waals surface area contributed by atoms with Gasteiger partial charge in [-0.25, -0.2) is 9.67 Å². The van der Waals surface area contributed by atoms with Crippen molar-refractivity contribution in [1.29, 1.82) is 0 Å². The van der Waals surface area contributed by atoms with Gasteiger partial charge in [-0.2, -0.15) is 5.10 Å². The maximum Gasteiger partial charge on any atom is 0.153 e. The number of nitrogens with zero attached hydrogens (tertiary/aromatic N) is 3. The summed E-state index contributed by atoms with van der Waals surface area (Å²) in [6.45, 7) is 4.56. The molecular weight excluding hydrogens is 394 g/mol. The lowest BCUT2D eigenvalue weighted by Gasteiger charge is -2.28. The van der Waals surface area contributed by atoms with E-state index < -0.39 is 0 Å². The molecule has 0 radical (unpaired) electrons. The predicted molar refractivity (Wildman–Crippen MR) is 127 cm³/mol. The highest BCUT2D eigenvalue weighted by Crippen LogP contribution is 2.34. The van der Waals surface area contributed by atoms with Crippen LogP contribution in [0.3, 0.4) is 0 Å². The van der Waals surface area contributed by atoms with E-state index in [-0.39, 0.29) is 5.41 Å². The fourth-order valence-corrected chi connectivity index (χ4v) is 4.30. The molecule has 0 amide bonds. The van der Waals surface area contributed by atoms with E-state index >= 15 is 0 Å². The molecule has 0 spiro atoms. The minimum absolute atomic E-state index is 0.0690. The van der Waals surface area contributed by atoms with Crippen molar-refractivity contribution in [1.82, 2.24) is 14.8 Å². The molecule has 5 rings (SSSR count). The minimum atomic E-state index is -0.0690. The molecule has 0 aliphatic heterocycles. The predicted octanol–water partition coefficient (Wildman–Crippen LogP) is 6.73. The standard InChI is InChI=1S/C28H29N3O/c1-28(2,23-9-7-22(8-10-23)19-21-5-3-6-21)24-11-13-25(14-12-24)32-26-15-16-27(29-20-26)31-18-4-17-30-31/h4,7-18,20-21H,3,5-6,19H2,1-2H3. The van der Waals surface area contributed by atoms with Crippen LogP contribution in [0.2, 0.25) is 0 Å². The van der Waals surface area contributed by atoms with E-state index in [0.717, 1.165) is 17.5 Å². The molecule has 162 valence electrons. The van der Waals surface area contributed by atoms with Crippen LogP contribution >= 0.6 is 0 Å². The molecule has 1 fully saturated rings. The first-order valence-electron chi connectivity index (χ1n) is 11.4. The second-order valence-electron chi connectivity index (χ2n) is 9.25. The summed E-state index contributed by atoms with van der Waals surface area (Å²) in [5, 5.41) is 4.19. The fraction of sp³-hybridized carbons (Fsp3) is 0.286. The summed E-state index contributed by atoms with van der Waals surface area (Å²) in [5.41, 5.74) is 4.00. The molecule has 1 aliphatic carbocycles. The van der Waals surface area contributed by atoms with Gasteiger partial charge in [-0.3, -0.25) is 0 Å². The van der Waals surface area contributed by atoms with Crippen LogP contribution in [0.1, 0.15) is 49.8 Å². The number of rotatable bonds is 7. The molecule has 2 aromatic carbocycles. The monoisotopic (exact) mass is 423 g/mol. The lowest BCUT2D eigenvalue weighted by molar-refractivity contribution is 0.314. The molecule has 0 atom stereocenters.